The highest BCUT2D eigenvalue weighted by Gasteiger charge is 2.05. The molecule has 24 heavy (non-hydrogen) atoms. The molecule has 0 saturated carbocycles. The van der Waals surface area contributed by atoms with Crippen molar-refractivity contribution >= 4 is 22.4 Å². The van der Waals surface area contributed by atoms with E-state index in [2.05, 4.69) is 49.2 Å². The molecule has 2 heterocycles. The molecule has 0 fully saturated rings. The zero-order chi connectivity index (χ0) is 17.4. The van der Waals surface area contributed by atoms with Crippen molar-refractivity contribution in [3.8, 4) is 0 Å². The van der Waals surface area contributed by atoms with Crippen molar-refractivity contribution in [2.75, 3.05) is 32.1 Å². The van der Waals surface area contributed by atoms with Crippen molar-refractivity contribution in [2.24, 2.45) is 4.99 Å². The molecule has 0 aromatic carbocycles. The summed E-state index contributed by atoms with van der Waals surface area (Å²) in [5, 5.41) is 17.7. The molecule has 2 aromatic rings. The molecule has 0 spiro atoms. The number of thiazole rings is 1. The van der Waals surface area contributed by atoms with Gasteiger partial charge in [0.15, 0.2) is 11.1 Å². The first kappa shape index (κ1) is 18.2. The smallest absolute Gasteiger partial charge is 0.191 e. The largest absolute Gasteiger partial charge is 0.357 e. The molecule has 0 atom stereocenters. The zero-order valence-electron chi connectivity index (χ0n) is 14.8. The molecule has 0 amide bonds. The third kappa shape index (κ3) is 5.19. The molecular weight excluding hydrogens is 324 g/mol. The molecule has 0 saturated heterocycles. The second-order valence-corrected chi connectivity index (χ2v) is 6.27. The quantitative estimate of drug-likeness (QED) is 0.548. The van der Waals surface area contributed by atoms with Crippen molar-refractivity contribution in [3.63, 3.8) is 0 Å². The Kier molecular flexibility index (Phi) is 6.98. The van der Waals surface area contributed by atoms with Gasteiger partial charge in [0.05, 0.1) is 12.2 Å². The fraction of sp³-hybridized carbons (Fsp3) is 0.600. The van der Waals surface area contributed by atoms with Gasteiger partial charge in [-0.25, -0.2) is 9.98 Å². The van der Waals surface area contributed by atoms with Gasteiger partial charge >= 0.3 is 0 Å². The van der Waals surface area contributed by atoms with Gasteiger partial charge in [0.2, 0.25) is 0 Å². The first-order chi connectivity index (χ1) is 11.6. The van der Waals surface area contributed by atoms with E-state index in [9.17, 15) is 0 Å². The minimum atomic E-state index is 0.562. The molecule has 9 heteroatoms. The molecule has 8 nitrogen and oxygen atoms in total. The Balaban J connectivity index is 1.88. The van der Waals surface area contributed by atoms with E-state index in [4.69, 9.17) is 0 Å². The van der Waals surface area contributed by atoms with Gasteiger partial charge in [0.1, 0.15) is 12.2 Å². The van der Waals surface area contributed by atoms with Gasteiger partial charge in [-0.15, -0.1) is 21.5 Å². The van der Waals surface area contributed by atoms with Crippen molar-refractivity contribution < 1.29 is 0 Å². The second kappa shape index (κ2) is 9.21. The summed E-state index contributed by atoms with van der Waals surface area (Å²) in [4.78, 5) is 11.1. The van der Waals surface area contributed by atoms with E-state index < -0.39 is 0 Å². The molecule has 132 valence electrons. The lowest BCUT2D eigenvalue weighted by atomic mass is 10.4. The van der Waals surface area contributed by atoms with Gasteiger partial charge in [-0.05, 0) is 6.92 Å². The maximum absolute atomic E-state index is 4.60. The number of nitrogens with zero attached hydrogens (tertiary/aromatic N) is 6. The highest BCUT2D eigenvalue weighted by Crippen LogP contribution is 2.18. The molecule has 0 radical (unpaired) electrons. The minimum absolute atomic E-state index is 0.562. The van der Waals surface area contributed by atoms with Gasteiger partial charge < -0.3 is 20.1 Å². The molecule has 2 rings (SSSR count). The van der Waals surface area contributed by atoms with Crippen LogP contribution in [-0.2, 0) is 19.5 Å². The number of aromatic nitrogens is 4. The average Bonchev–Trinajstić information content (AvgIpc) is 3.21. The fourth-order valence-electron chi connectivity index (χ4n) is 2.11. The molecule has 2 aromatic heterocycles. The SMILES string of the molecule is CCNC(=NCc1csc(N(C)C)n1)NCCn1cnnc1CC. The predicted octanol–water partition coefficient (Wildman–Crippen LogP) is 1.12. The predicted molar refractivity (Wildman–Crippen MR) is 98.7 cm³/mol. The van der Waals surface area contributed by atoms with Crippen molar-refractivity contribution in [2.45, 2.75) is 33.4 Å². The van der Waals surface area contributed by atoms with Gasteiger partial charge in [0.25, 0.3) is 0 Å². The van der Waals surface area contributed by atoms with Gasteiger partial charge in [-0.1, -0.05) is 6.92 Å². The Morgan fingerprint density at radius 3 is 2.83 bits per heavy atom. The standard InChI is InChI=1S/C15H26N8S/c1-5-13-21-19-11-23(13)8-7-17-14(16-6-2)18-9-12-10-24-15(20-12)22(3)4/h10-11H,5-9H2,1-4H3,(H2,16,17,18). The number of rotatable bonds is 8. The first-order valence-corrected chi connectivity index (χ1v) is 9.02. The summed E-state index contributed by atoms with van der Waals surface area (Å²) in [5.41, 5.74) is 0.980. The molecule has 2 N–H and O–H groups in total. The van der Waals surface area contributed by atoms with E-state index in [0.717, 1.165) is 48.7 Å². The van der Waals surface area contributed by atoms with Crippen LogP contribution >= 0.6 is 11.3 Å². The van der Waals surface area contributed by atoms with Crippen LogP contribution in [0.2, 0.25) is 0 Å². The topological polar surface area (TPSA) is 83.3 Å². The summed E-state index contributed by atoms with van der Waals surface area (Å²) in [7, 11) is 3.99. The number of guanidine groups is 1. The van der Waals surface area contributed by atoms with Crippen LogP contribution in [-0.4, -0.2) is 52.9 Å². The first-order valence-electron chi connectivity index (χ1n) is 8.14. The Labute approximate surface area is 147 Å². The molecular formula is C15H26N8S. The van der Waals surface area contributed by atoms with E-state index in [1.807, 2.05) is 24.4 Å². The summed E-state index contributed by atoms with van der Waals surface area (Å²) in [6.45, 7) is 7.08. The van der Waals surface area contributed by atoms with Crippen molar-refractivity contribution in [1.29, 1.82) is 0 Å². The Morgan fingerprint density at radius 1 is 1.33 bits per heavy atom. The number of hydrogen-bond donors (Lipinski definition) is 2. The average molecular weight is 350 g/mol. The molecule has 0 aliphatic heterocycles. The molecule has 0 unspecified atom stereocenters. The highest BCUT2D eigenvalue weighted by atomic mass is 32.1. The number of hydrogen-bond acceptors (Lipinski definition) is 6. The number of aliphatic imine (C=N–C) groups is 1. The maximum Gasteiger partial charge on any atom is 0.191 e. The third-order valence-corrected chi connectivity index (χ3v) is 4.38. The molecule has 0 aliphatic carbocycles. The summed E-state index contributed by atoms with van der Waals surface area (Å²) in [5.74, 6) is 1.79. The second-order valence-electron chi connectivity index (χ2n) is 5.43. The number of anilines is 1. The summed E-state index contributed by atoms with van der Waals surface area (Å²) in [6.07, 6.45) is 2.65. The minimum Gasteiger partial charge on any atom is -0.357 e. The van der Waals surface area contributed by atoms with Crippen LogP contribution in [0.5, 0.6) is 0 Å². The van der Waals surface area contributed by atoms with Gasteiger partial charge in [0, 0.05) is 45.5 Å². The van der Waals surface area contributed by atoms with Gasteiger partial charge in [-0.3, -0.25) is 0 Å². The van der Waals surface area contributed by atoms with E-state index in [1.54, 1.807) is 17.7 Å². The lowest BCUT2D eigenvalue weighted by Gasteiger charge is -2.12. The lowest BCUT2D eigenvalue weighted by molar-refractivity contribution is 0.632. The van der Waals surface area contributed by atoms with E-state index >= 15 is 0 Å². The lowest BCUT2D eigenvalue weighted by Crippen LogP contribution is -2.38. The Morgan fingerprint density at radius 2 is 2.17 bits per heavy atom. The summed E-state index contributed by atoms with van der Waals surface area (Å²) >= 11 is 1.63. The number of nitrogens with one attached hydrogen (secondary N) is 2. The summed E-state index contributed by atoms with van der Waals surface area (Å²) < 4.78 is 2.06. The third-order valence-electron chi connectivity index (χ3n) is 3.32. The van der Waals surface area contributed by atoms with Crippen LogP contribution in [0, 0.1) is 0 Å². The number of aryl methyl sites for hydroxylation is 1. The Hall–Kier alpha value is -2.16. The monoisotopic (exact) mass is 350 g/mol. The van der Waals surface area contributed by atoms with Crippen molar-refractivity contribution in [3.05, 3.63) is 23.2 Å². The highest BCUT2D eigenvalue weighted by molar-refractivity contribution is 7.13. The Bertz CT molecular complexity index is 645. The van der Waals surface area contributed by atoms with Crippen molar-refractivity contribution in [1.82, 2.24) is 30.4 Å². The zero-order valence-corrected chi connectivity index (χ0v) is 15.6. The molecule has 0 bridgehead atoms. The van der Waals surface area contributed by atoms with Crippen LogP contribution in [0.1, 0.15) is 25.4 Å². The van der Waals surface area contributed by atoms with Gasteiger partial charge in [-0.2, -0.15) is 0 Å². The normalized spacial score (nSPS) is 11.6. The van der Waals surface area contributed by atoms with E-state index in [-0.39, 0.29) is 0 Å². The van der Waals surface area contributed by atoms with Crippen LogP contribution in [0.3, 0.4) is 0 Å². The molecule has 0 aliphatic rings. The van der Waals surface area contributed by atoms with E-state index in [0.29, 0.717) is 6.54 Å². The van der Waals surface area contributed by atoms with Crippen LogP contribution in [0.15, 0.2) is 16.7 Å². The summed E-state index contributed by atoms with van der Waals surface area (Å²) in [6, 6.07) is 0. The van der Waals surface area contributed by atoms with E-state index in [1.165, 1.54) is 0 Å². The fourth-order valence-corrected chi connectivity index (χ4v) is 2.86. The van der Waals surface area contributed by atoms with Crippen LogP contribution in [0.4, 0.5) is 5.13 Å². The van der Waals surface area contributed by atoms with Crippen LogP contribution < -0.4 is 15.5 Å². The maximum atomic E-state index is 4.60. The van der Waals surface area contributed by atoms with Crippen LogP contribution in [0.25, 0.3) is 0 Å².